The van der Waals surface area contributed by atoms with Gasteiger partial charge in [-0.2, -0.15) is 5.06 Å². The van der Waals surface area contributed by atoms with E-state index >= 15 is 0 Å². The fraction of sp³-hybridized carbons (Fsp3) is 0.500. The van der Waals surface area contributed by atoms with Crippen molar-refractivity contribution in [2.75, 3.05) is 12.4 Å². The van der Waals surface area contributed by atoms with Crippen LogP contribution in [0.1, 0.15) is 12.8 Å². The second-order valence-corrected chi connectivity index (χ2v) is 6.61. The predicted molar refractivity (Wildman–Crippen MR) is 82.0 cm³/mol. The summed E-state index contributed by atoms with van der Waals surface area (Å²) >= 11 is 11.8. The van der Waals surface area contributed by atoms with Crippen molar-refractivity contribution in [3.8, 4) is 0 Å². The standard InChI is InChI=1S/C12H12Cl2N2O7S.Na/c13-7(14)4-24-5-8(17)15-6-3-22-16(10(6)19)12(11(20)21)2-1-9(18)23-12;/h4,6H,1-3,5H2,(H,15,17)(H,20,21);/q;+1/p-1/t6-,12?;/m0./s1. The molecule has 1 N–H and O–H groups in total. The van der Waals surface area contributed by atoms with E-state index in [1.165, 1.54) is 5.41 Å². The number of aliphatic carboxylic acids is 1. The van der Waals surface area contributed by atoms with Crippen molar-refractivity contribution in [1.29, 1.82) is 0 Å². The first-order valence-electron chi connectivity index (χ1n) is 6.55. The summed E-state index contributed by atoms with van der Waals surface area (Å²) in [5.74, 6) is -3.89. The number of ether oxygens (including phenoxy) is 1. The van der Waals surface area contributed by atoms with Crippen LogP contribution in [0, 0.1) is 0 Å². The van der Waals surface area contributed by atoms with Crippen molar-refractivity contribution in [2.45, 2.75) is 24.6 Å². The minimum Gasteiger partial charge on any atom is -0.861 e. The molecule has 2 rings (SSSR count). The van der Waals surface area contributed by atoms with E-state index in [1.54, 1.807) is 0 Å². The molecule has 0 aromatic rings. The van der Waals surface area contributed by atoms with Crippen molar-refractivity contribution in [2.24, 2.45) is 4.99 Å². The van der Waals surface area contributed by atoms with Gasteiger partial charge in [0.2, 0.25) is 0 Å². The number of halogens is 2. The molecule has 0 aliphatic carbocycles. The number of carboxylic acid groups (broad SMARTS) is 1. The van der Waals surface area contributed by atoms with Gasteiger partial charge in [-0.25, -0.2) is 4.79 Å². The van der Waals surface area contributed by atoms with Gasteiger partial charge in [-0.05, 0) is 5.90 Å². The number of aliphatic imine (C=N–C) groups is 1. The number of esters is 1. The zero-order chi connectivity index (χ0) is 17.9. The normalized spacial score (nSPS) is 26.2. The molecule has 132 valence electrons. The second-order valence-electron chi connectivity index (χ2n) is 4.75. The summed E-state index contributed by atoms with van der Waals surface area (Å²) < 4.78 is 4.76. The smallest absolute Gasteiger partial charge is 0.861 e. The Bertz CT molecular complexity index is 629. The van der Waals surface area contributed by atoms with E-state index in [1.807, 2.05) is 0 Å². The zero-order valence-corrected chi connectivity index (χ0v) is 17.3. The molecule has 2 fully saturated rings. The van der Waals surface area contributed by atoms with Crippen LogP contribution in [0.3, 0.4) is 0 Å². The number of amides is 1. The topological polar surface area (TPSA) is 129 Å². The van der Waals surface area contributed by atoms with Crippen LogP contribution in [0.25, 0.3) is 0 Å². The van der Waals surface area contributed by atoms with Gasteiger partial charge in [0.05, 0.1) is 6.42 Å². The van der Waals surface area contributed by atoms with Gasteiger partial charge in [0.15, 0.2) is 6.04 Å². The van der Waals surface area contributed by atoms with Crippen LogP contribution in [-0.4, -0.2) is 58.0 Å². The third-order valence-electron chi connectivity index (χ3n) is 3.14. The number of carbonyl (C=O) groups excluding carboxylic acids is 2. The summed E-state index contributed by atoms with van der Waals surface area (Å²) in [5, 5.41) is 22.8. The molecular weight excluding hydrogens is 410 g/mol. The fourth-order valence-corrected chi connectivity index (χ4v) is 2.92. The van der Waals surface area contributed by atoms with Crippen LogP contribution in [0.5, 0.6) is 0 Å². The van der Waals surface area contributed by atoms with Crippen molar-refractivity contribution >= 4 is 58.7 Å². The predicted octanol–water partition coefficient (Wildman–Crippen LogP) is -2.98. The fourth-order valence-electron chi connectivity index (χ4n) is 2.12. The van der Waals surface area contributed by atoms with E-state index in [-0.39, 0.29) is 59.3 Å². The molecule has 1 amide bonds. The van der Waals surface area contributed by atoms with Crippen molar-refractivity contribution in [3.05, 3.63) is 9.90 Å². The Balaban J connectivity index is 0.00000312. The van der Waals surface area contributed by atoms with Crippen LogP contribution in [0.15, 0.2) is 14.9 Å². The minimum atomic E-state index is -2.22. The van der Waals surface area contributed by atoms with Gasteiger partial charge < -0.3 is 14.9 Å². The SMILES string of the molecule is O=C1CCC(C(=O)O)(N2OC[C@H](N=C([O-])CSC=C(Cl)Cl)C2=O)O1.[Na+]. The van der Waals surface area contributed by atoms with Gasteiger partial charge in [0, 0.05) is 17.6 Å². The summed E-state index contributed by atoms with van der Waals surface area (Å²) in [7, 11) is 0. The molecule has 2 aliphatic heterocycles. The summed E-state index contributed by atoms with van der Waals surface area (Å²) in [6.07, 6.45) is -0.412. The maximum atomic E-state index is 12.3. The average Bonchev–Trinajstić information content (AvgIpc) is 3.04. The molecular formula is C12H11Cl2N2NaO7S. The van der Waals surface area contributed by atoms with Gasteiger partial charge in [-0.1, -0.05) is 23.2 Å². The van der Waals surface area contributed by atoms with Crippen molar-refractivity contribution in [3.63, 3.8) is 0 Å². The first-order chi connectivity index (χ1) is 11.3. The monoisotopic (exact) mass is 420 g/mol. The number of carbonyl (C=O) groups is 3. The summed E-state index contributed by atoms with van der Waals surface area (Å²) in [5.41, 5.74) is -2.22. The number of hydroxylamine groups is 2. The van der Waals surface area contributed by atoms with Crippen LogP contribution in [-0.2, 0) is 24.0 Å². The van der Waals surface area contributed by atoms with Gasteiger partial charge in [0.25, 0.3) is 5.91 Å². The maximum absolute atomic E-state index is 12.3. The molecule has 0 saturated carbocycles. The quantitative estimate of drug-likeness (QED) is 0.208. The third kappa shape index (κ3) is 5.25. The van der Waals surface area contributed by atoms with Gasteiger partial charge >= 0.3 is 47.2 Å². The molecule has 0 spiro atoms. The Morgan fingerprint density at radius 3 is 2.72 bits per heavy atom. The van der Waals surface area contributed by atoms with Gasteiger partial charge in [0.1, 0.15) is 11.1 Å². The van der Waals surface area contributed by atoms with E-state index in [0.29, 0.717) is 5.06 Å². The molecule has 13 heteroatoms. The number of carboxylic acids is 1. The van der Waals surface area contributed by atoms with Crippen molar-refractivity contribution < 1.29 is 63.7 Å². The van der Waals surface area contributed by atoms with E-state index in [2.05, 4.69) is 4.99 Å². The van der Waals surface area contributed by atoms with Crippen LogP contribution in [0.4, 0.5) is 0 Å². The Morgan fingerprint density at radius 2 is 2.20 bits per heavy atom. The van der Waals surface area contributed by atoms with E-state index in [0.717, 1.165) is 11.8 Å². The van der Waals surface area contributed by atoms with E-state index < -0.39 is 35.5 Å². The number of cyclic esters (lactones) is 1. The Labute approximate surface area is 178 Å². The minimum absolute atomic E-state index is 0. The molecule has 0 radical (unpaired) electrons. The summed E-state index contributed by atoms with van der Waals surface area (Å²) in [6, 6.07) is -1.20. The molecule has 0 bridgehead atoms. The molecule has 2 heterocycles. The number of hydrogen-bond acceptors (Lipinski definition) is 8. The molecule has 2 atom stereocenters. The zero-order valence-electron chi connectivity index (χ0n) is 12.9. The largest absolute Gasteiger partial charge is 1.00 e. The van der Waals surface area contributed by atoms with Gasteiger partial charge in [-0.15, -0.1) is 11.8 Å². The Morgan fingerprint density at radius 1 is 1.52 bits per heavy atom. The number of nitrogens with zero attached hydrogens (tertiary/aromatic N) is 2. The number of hydrogen-bond donors (Lipinski definition) is 1. The van der Waals surface area contributed by atoms with Crippen LogP contribution >= 0.6 is 35.0 Å². The molecule has 2 saturated heterocycles. The summed E-state index contributed by atoms with van der Waals surface area (Å²) in [6.45, 7) is -0.325. The number of rotatable bonds is 6. The Hall–Kier alpha value is -0.490. The van der Waals surface area contributed by atoms with Crippen LogP contribution in [0.2, 0.25) is 0 Å². The van der Waals surface area contributed by atoms with E-state index in [9.17, 15) is 24.6 Å². The van der Waals surface area contributed by atoms with Crippen molar-refractivity contribution in [1.82, 2.24) is 5.06 Å². The van der Waals surface area contributed by atoms with E-state index in [4.69, 9.17) is 32.8 Å². The van der Waals surface area contributed by atoms with Gasteiger partial charge in [-0.3, -0.25) is 19.4 Å². The second kappa shape index (κ2) is 9.45. The molecule has 0 aromatic heterocycles. The molecule has 25 heavy (non-hydrogen) atoms. The molecule has 9 nitrogen and oxygen atoms in total. The third-order valence-corrected chi connectivity index (χ3v) is 4.43. The Kier molecular flexibility index (Phi) is 8.52. The summed E-state index contributed by atoms with van der Waals surface area (Å²) in [4.78, 5) is 43.7. The average molecular weight is 421 g/mol. The van der Waals surface area contributed by atoms with Crippen LogP contribution < -0.4 is 34.7 Å². The molecule has 2 aliphatic rings. The number of thioether (sulfide) groups is 1. The maximum Gasteiger partial charge on any atom is 1.00 e. The molecule has 0 aromatic carbocycles. The molecule has 1 unspecified atom stereocenters. The first-order valence-corrected chi connectivity index (χ1v) is 8.35. The first kappa shape index (κ1) is 22.6.